The fourth-order valence-electron chi connectivity index (χ4n) is 4.68. The summed E-state index contributed by atoms with van der Waals surface area (Å²) in [5.74, 6) is 1.42. The molecule has 0 N–H and O–H groups in total. The van der Waals surface area contributed by atoms with Gasteiger partial charge in [0.1, 0.15) is 5.49 Å². The molecule has 0 saturated heterocycles. The molecule has 6 nitrogen and oxygen atoms in total. The molecular formula is C25H29N3O3. The molecule has 1 unspecified atom stereocenters. The zero-order chi connectivity index (χ0) is 22.4. The Hall–Kier alpha value is -3.28. The standard InChI is InChI=1S/C25H29N3O3/c1-14-10-15(2)23(16(3)11-14)26-22-13-20-18-8-9-21(30-6)24(31-7)19(18)12-17(4)28(20)25(29)27(22)5/h8-11,13,17H,12H2,1-7H3. The summed E-state index contributed by atoms with van der Waals surface area (Å²) >= 11 is 0. The monoisotopic (exact) mass is 419 g/mol. The van der Waals surface area contributed by atoms with Crippen molar-refractivity contribution in [3.8, 4) is 22.8 Å². The number of benzene rings is 2. The van der Waals surface area contributed by atoms with E-state index in [0.717, 1.165) is 39.4 Å². The van der Waals surface area contributed by atoms with Gasteiger partial charge in [-0.2, -0.15) is 0 Å². The Morgan fingerprint density at radius 1 is 1.03 bits per heavy atom. The Morgan fingerprint density at radius 2 is 1.71 bits per heavy atom. The number of rotatable bonds is 3. The maximum atomic E-state index is 13.4. The molecule has 31 heavy (non-hydrogen) atoms. The van der Waals surface area contributed by atoms with E-state index < -0.39 is 0 Å². The molecule has 162 valence electrons. The fourth-order valence-corrected chi connectivity index (χ4v) is 4.68. The highest BCUT2D eigenvalue weighted by atomic mass is 16.5. The molecule has 1 atom stereocenters. The highest BCUT2D eigenvalue weighted by Crippen LogP contribution is 2.42. The average molecular weight is 420 g/mol. The molecular weight excluding hydrogens is 390 g/mol. The lowest BCUT2D eigenvalue weighted by Crippen LogP contribution is -2.41. The van der Waals surface area contributed by atoms with E-state index in [1.54, 1.807) is 25.8 Å². The Morgan fingerprint density at radius 3 is 2.32 bits per heavy atom. The van der Waals surface area contributed by atoms with Crippen LogP contribution in [0.3, 0.4) is 0 Å². The van der Waals surface area contributed by atoms with Gasteiger partial charge < -0.3 is 9.47 Å². The van der Waals surface area contributed by atoms with Gasteiger partial charge in [-0.1, -0.05) is 17.7 Å². The molecule has 3 aromatic rings. The molecule has 0 bridgehead atoms. The second-order valence-electron chi connectivity index (χ2n) is 8.34. The van der Waals surface area contributed by atoms with Crippen LogP contribution in [0.5, 0.6) is 11.5 Å². The first-order valence-corrected chi connectivity index (χ1v) is 10.5. The van der Waals surface area contributed by atoms with Gasteiger partial charge in [-0.15, -0.1) is 0 Å². The highest BCUT2D eigenvalue weighted by Gasteiger charge is 2.28. The SMILES string of the molecule is COc1ccc2c(c1OC)CC(C)n1c-2cc(=Nc2c(C)cc(C)cc2C)n(C)c1=O. The van der Waals surface area contributed by atoms with E-state index >= 15 is 0 Å². The third kappa shape index (κ3) is 3.36. The summed E-state index contributed by atoms with van der Waals surface area (Å²) in [6, 6.07) is 10.1. The van der Waals surface area contributed by atoms with Gasteiger partial charge in [0.15, 0.2) is 11.5 Å². The van der Waals surface area contributed by atoms with Crippen LogP contribution >= 0.6 is 0 Å². The van der Waals surface area contributed by atoms with Crippen molar-refractivity contribution >= 4 is 5.69 Å². The zero-order valence-corrected chi connectivity index (χ0v) is 19.2. The van der Waals surface area contributed by atoms with Crippen LogP contribution in [0.4, 0.5) is 5.69 Å². The predicted octanol–water partition coefficient (Wildman–Crippen LogP) is 4.15. The second-order valence-corrected chi connectivity index (χ2v) is 8.34. The van der Waals surface area contributed by atoms with Crippen molar-refractivity contribution in [2.24, 2.45) is 12.0 Å². The molecule has 1 aromatic heterocycles. The number of hydrogen-bond donors (Lipinski definition) is 0. The van der Waals surface area contributed by atoms with E-state index in [9.17, 15) is 4.79 Å². The van der Waals surface area contributed by atoms with Gasteiger partial charge in [-0.25, -0.2) is 9.79 Å². The minimum absolute atomic E-state index is 0.0147. The number of fused-ring (bicyclic) bond motifs is 3. The van der Waals surface area contributed by atoms with Crippen LogP contribution in [0.2, 0.25) is 0 Å². The lowest BCUT2D eigenvalue weighted by atomic mass is 9.92. The van der Waals surface area contributed by atoms with E-state index in [-0.39, 0.29) is 11.7 Å². The molecule has 1 aliphatic heterocycles. The first-order valence-electron chi connectivity index (χ1n) is 10.5. The van der Waals surface area contributed by atoms with Crippen LogP contribution in [0.25, 0.3) is 11.3 Å². The van der Waals surface area contributed by atoms with Gasteiger partial charge in [0.05, 0.1) is 25.6 Å². The maximum absolute atomic E-state index is 13.4. The van der Waals surface area contributed by atoms with Gasteiger partial charge in [0, 0.05) is 30.3 Å². The normalized spacial score (nSPS) is 15.5. The molecule has 0 radical (unpaired) electrons. The van der Waals surface area contributed by atoms with Crippen molar-refractivity contribution in [3.05, 3.63) is 68.6 Å². The first-order chi connectivity index (χ1) is 14.8. The third-order valence-corrected chi connectivity index (χ3v) is 6.09. The van der Waals surface area contributed by atoms with Gasteiger partial charge in [-0.3, -0.25) is 9.13 Å². The molecule has 0 amide bonds. The van der Waals surface area contributed by atoms with Crippen molar-refractivity contribution in [1.29, 1.82) is 0 Å². The summed E-state index contributed by atoms with van der Waals surface area (Å²) in [5, 5.41) is 0. The number of ether oxygens (including phenoxy) is 2. The molecule has 0 spiro atoms. The largest absolute Gasteiger partial charge is 0.493 e. The Balaban J connectivity index is 2.04. The third-order valence-electron chi connectivity index (χ3n) is 6.09. The minimum atomic E-state index is -0.0772. The van der Waals surface area contributed by atoms with E-state index in [4.69, 9.17) is 14.5 Å². The van der Waals surface area contributed by atoms with Gasteiger partial charge in [-0.05, 0) is 57.4 Å². The number of nitrogens with zero attached hydrogens (tertiary/aromatic N) is 3. The quantitative estimate of drug-likeness (QED) is 0.641. The average Bonchev–Trinajstić information content (AvgIpc) is 2.72. The topological polar surface area (TPSA) is 57.8 Å². The van der Waals surface area contributed by atoms with Gasteiger partial charge in [0.2, 0.25) is 0 Å². The van der Waals surface area contributed by atoms with E-state index in [0.29, 0.717) is 17.7 Å². The molecule has 2 aromatic carbocycles. The molecule has 0 saturated carbocycles. The molecule has 2 heterocycles. The number of aryl methyl sites for hydroxylation is 3. The number of methoxy groups -OCH3 is 2. The van der Waals surface area contributed by atoms with Gasteiger partial charge >= 0.3 is 5.69 Å². The first kappa shape index (κ1) is 21.0. The predicted molar refractivity (Wildman–Crippen MR) is 123 cm³/mol. The van der Waals surface area contributed by atoms with Crippen molar-refractivity contribution in [2.45, 2.75) is 40.2 Å². The van der Waals surface area contributed by atoms with Crippen LogP contribution < -0.4 is 20.7 Å². The van der Waals surface area contributed by atoms with Crippen molar-refractivity contribution in [1.82, 2.24) is 9.13 Å². The highest BCUT2D eigenvalue weighted by molar-refractivity contribution is 5.72. The summed E-state index contributed by atoms with van der Waals surface area (Å²) in [4.78, 5) is 18.3. The van der Waals surface area contributed by atoms with E-state index in [1.165, 1.54) is 5.56 Å². The smallest absolute Gasteiger partial charge is 0.330 e. The van der Waals surface area contributed by atoms with Gasteiger partial charge in [0.25, 0.3) is 0 Å². The van der Waals surface area contributed by atoms with Crippen LogP contribution in [-0.4, -0.2) is 23.4 Å². The number of hydrogen-bond acceptors (Lipinski definition) is 4. The fraction of sp³-hybridized carbons (Fsp3) is 0.360. The molecule has 0 fully saturated rings. The summed E-state index contributed by atoms with van der Waals surface area (Å²) < 4.78 is 14.6. The summed E-state index contributed by atoms with van der Waals surface area (Å²) in [7, 11) is 5.07. The van der Waals surface area contributed by atoms with Crippen molar-refractivity contribution in [2.75, 3.05) is 14.2 Å². The molecule has 1 aliphatic rings. The van der Waals surface area contributed by atoms with E-state index in [1.807, 2.05) is 22.8 Å². The zero-order valence-electron chi connectivity index (χ0n) is 19.2. The van der Waals surface area contributed by atoms with Crippen molar-refractivity contribution in [3.63, 3.8) is 0 Å². The van der Waals surface area contributed by atoms with Crippen LogP contribution in [-0.2, 0) is 13.5 Å². The van der Waals surface area contributed by atoms with Crippen LogP contribution in [0, 0.1) is 20.8 Å². The van der Waals surface area contributed by atoms with Crippen LogP contribution in [0.1, 0.15) is 35.2 Å². The molecule has 4 rings (SSSR count). The van der Waals surface area contributed by atoms with Crippen LogP contribution in [0.15, 0.2) is 40.1 Å². The lowest BCUT2D eigenvalue weighted by molar-refractivity contribution is 0.348. The number of aromatic nitrogens is 2. The van der Waals surface area contributed by atoms with E-state index in [2.05, 4.69) is 39.8 Å². The van der Waals surface area contributed by atoms with Crippen molar-refractivity contribution < 1.29 is 9.47 Å². The maximum Gasteiger partial charge on any atom is 0.330 e. The summed E-state index contributed by atoms with van der Waals surface area (Å²) in [6.45, 7) is 8.24. The Labute approximate surface area is 182 Å². The summed E-state index contributed by atoms with van der Waals surface area (Å²) in [5.41, 5.74) is 7.71. The Bertz CT molecular complexity index is 1290. The second kappa shape index (κ2) is 7.76. The lowest BCUT2D eigenvalue weighted by Gasteiger charge is -2.29. The summed E-state index contributed by atoms with van der Waals surface area (Å²) in [6.07, 6.45) is 0.690. The minimum Gasteiger partial charge on any atom is -0.493 e. The Kier molecular flexibility index (Phi) is 5.25. The molecule has 6 heteroatoms. The molecule has 0 aliphatic carbocycles.